The summed E-state index contributed by atoms with van der Waals surface area (Å²) in [5.74, 6) is 0.328. The molecule has 0 aromatic heterocycles. The smallest absolute Gasteiger partial charge is 0.400 e. The van der Waals surface area contributed by atoms with Gasteiger partial charge in [0.1, 0.15) is 0 Å². The van der Waals surface area contributed by atoms with Crippen LogP contribution in [-0.4, -0.2) is 18.3 Å². The molecule has 0 radical (unpaired) electrons. The van der Waals surface area contributed by atoms with Crippen LogP contribution in [0.1, 0.15) is 34.1 Å². The van der Waals surface area contributed by atoms with Gasteiger partial charge in [-0.3, -0.25) is 0 Å². The molecule has 17 heavy (non-hydrogen) atoms. The molecule has 2 aliphatic rings. The molecule has 0 spiro atoms. The summed E-state index contributed by atoms with van der Waals surface area (Å²) in [4.78, 5) is 0. The van der Waals surface area contributed by atoms with Crippen molar-refractivity contribution in [1.82, 2.24) is 0 Å². The molecule has 92 valence electrons. The molecule has 1 heterocycles. The zero-order valence-electron chi connectivity index (χ0n) is 11.2. The molecule has 1 aliphatic heterocycles. The molecule has 1 aliphatic carbocycles. The summed E-state index contributed by atoms with van der Waals surface area (Å²) in [5.41, 5.74) is 0.452. The molecule has 1 saturated heterocycles. The number of rotatable bonds is 2. The van der Waals surface area contributed by atoms with Crippen LogP contribution in [0.15, 0.2) is 36.4 Å². The first-order valence-electron chi connectivity index (χ1n) is 6.21. The van der Waals surface area contributed by atoms with E-state index in [-0.39, 0.29) is 18.3 Å². The first-order chi connectivity index (χ1) is 7.83. The second-order valence-electron chi connectivity index (χ2n) is 5.82. The minimum absolute atomic E-state index is 0.283. The lowest BCUT2D eigenvalue weighted by atomic mass is 9.70. The van der Waals surface area contributed by atoms with Gasteiger partial charge in [0, 0.05) is 0 Å². The molecule has 1 unspecified atom stereocenters. The predicted octanol–water partition coefficient (Wildman–Crippen LogP) is 3.31. The van der Waals surface area contributed by atoms with Gasteiger partial charge >= 0.3 is 7.12 Å². The van der Waals surface area contributed by atoms with Crippen LogP contribution >= 0.6 is 0 Å². The molecule has 2 nitrogen and oxygen atoms in total. The average Bonchev–Trinajstić information content (AvgIpc) is 2.48. The molecule has 3 heteroatoms. The lowest BCUT2D eigenvalue weighted by Gasteiger charge is -2.32. The lowest BCUT2D eigenvalue weighted by molar-refractivity contribution is 0.00578. The zero-order chi connectivity index (χ0) is 12.7. The Labute approximate surface area is 105 Å². The Kier molecular flexibility index (Phi) is 3.09. The largest absolute Gasteiger partial charge is 0.490 e. The first-order valence-corrected chi connectivity index (χ1v) is 6.21. The maximum absolute atomic E-state index is 6.00. The molecule has 0 amide bonds. The van der Waals surface area contributed by atoms with Gasteiger partial charge in [-0.15, -0.1) is 6.58 Å². The average molecular weight is 232 g/mol. The van der Waals surface area contributed by atoms with Crippen molar-refractivity contribution in [3.63, 3.8) is 0 Å². The van der Waals surface area contributed by atoms with Crippen molar-refractivity contribution in [1.29, 1.82) is 0 Å². The molecule has 0 aromatic carbocycles. The summed E-state index contributed by atoms with van der Waals surface area (Å²) in [6.45, 7) is 12.4. The fourth-order valence-corrected chi connectivity index (χ4v) is 2.02. The molecular formula is C14H21BO2. The van der Waals surface area contributed by atoms with E-state index in [1.54, 1.807) is 0 Å². The molecule has 2 rings (SSSR count). The Morgan fingerprint density at radius 1 is 1.18 bits per heavy atom. The minimum atomic E-state index is -0.291. The standard InChI is InChI=1S/C14H21BO2/c1-11(12-9-7-6-8-10-12)15-16-13(2,3)14(4,5)17-15/h6-9,12H,1,10H2,2-5H3. The highest BCUT2D eigenvalue weighted by Crippen LogP contribution is 2.40. The van der Waals surface area contributed by atoms with E-state index >= 15 is 0 Å². The quantitative estimate of drug-likeness (QED) is 0.680. The van der Waals surface area contributed by atoms with Crippen molar-refractivity contribution < 1.29 is 9.31 Å². The van der Waals surface area contributed by atoms with E-state index in [0.717, 1.165) is 11.9 Å². The number of hydrogen-bond acceptors (Lipinski definition) is 2. The fraction of sp³-hybridized carbons (Fsp3) is 0.571. The molecule has 1 fully saturated rings. The van der Waals surface area contributed by atoms with Crippen LogP contribution in [0.4, 0.5) is 0 Å². The van der Waals surface area contributed by atoms with Gasteiger partial charge in [-0.2, -0.15) is 0 Å². The van der Waals surface area contributed by atoms with Gasteiger partial charge in [-0.25, -0.2) is 0 Å². The fourth-order valence-electron chi connectivity index (χ4n) is 2.02. The van der Waals surface area contributed by atoms with E-state index in [1.165, 1.54) is 0 Å². The SMILES string of the molecule is C=C(B1OC(C)(C)C(C)(C)O1)C1C=CC=CC1. The van der Waals surface area contributed by atoms with Crippen LogP contribution in [0, 0.1) is 5.92 Å². The highest BCUT2D eigenvalue weighted by atomic mass is 16.7. The first kappa shape index (κ1) is 12.7. The van der Waals surface area contributed by atoms with Crippen molar-refractivity contribution >= 4 is 7.12 Å². The summed E-state index contributed by atoms with van der Waals surface area (Å²) >= 11 is 0. The molecular weight excluding hydrogens is 211 g/mol. The molecule has 0 saturated carbocycles. The third-order valence-electron chi connectivity index (χ3n) is 4.01. The topological polar surface area (TPSA) is 18.5 Å². The van der Waals surface area contributed by atoms with Gasteiger partial charge in [-0.1, -0.05) is 24.3 Å². The van der Waals surface area contributed by atoms with E-state index in [2.05, 4.69) is 58.6 Å². The zero-order valence-corrected chi connectivity index (χ0v) is 11.2. The third kappa shape index (κ3) is 2.27. The Morgan fingerprint density at radius 2 is 1.76 bits per heavy atom. The van der Waals surface area contributed by atoms with Crippen LogP contribution in [0.25, 0.3) is 0 Å². The number of allylic oxidation sites excluding steroid dienone is 5. The van der Waals surface area contributed by atoms with Crippen LogP contribution in [0.2, 0.25) is 0 Å². The predicted molar refractivity (Wildman–Crippen MR) is 71.6 cm³/mol. The van der Waals surface area contributed by atoms with Gasteiger partial charge in [0.2, 0.25) is 0 Å². The minimum Gasteiger partial charge on any atom is -0.400 e. The Hall–Kier alpha value is -0.795. The van der Waals surface area contributed by atoms with E-state index in [1.807, 2.05) is 0 Å². The van der Waals surface area contributed by atoms with Gasteiger partial charge < -0.3 is 9.31 Å². The van der Waals surface area contributed by atoms with Gasteiger partial charge in [-0.05, 0) is 45.5 Å². The van der Waals surface area contributed by atoms with Crippen molar-refractivity contribution in [2.45, 2.75) is 45.3 Å². The maximum atomic E-state index is 6.00. The van der Waals surface area contributed by atoms with Gasteiger partial charge in [0.25, 0.3) is 0 Å². The summed E-state index contributed by atoms with van der Waals surface area (Å²) in [5, 5.41) is 0. The normalized spacial score (nSPS) is 29.6. The molecule has 0 N–H and O–H groups in total. The second-order valence-corrected chi connectivity index (χ2v) is 5.82. The monoisotopic (exact) mass is 232 g/mol. The Bertz CT molecular complexity index is 364. The maximum Gasteiger partial charge on any atom is 0.490 e. The van der Waals surface area contributed by atoms with Crippen molar-refractivity contribution in [3.05, 3.63) is 36.4 Å². The summed E-state index contributed by atoms with van der Waals surface area (Å²) < 4.78 is 12.0. The molecule has 0 aromatic rings. The molecule has 0 bridgehead atoms. The summed E-state index contributed by atoms with van der Waals surface area (Å²) in [7, 11) is -0.291. The van der Waals surface area contributed by atoms with Gasteiger partial charge in [0.15, 0.2) is 0 Å². The summed E-state index contributed by atoms with van der Waals surface area (Å²) in [6, 6.07) is 0. The molecule has 1 atom stereocenters. The third-order valence-corrected chi connectivity index (χ3v) is 4.01. The van der Waals surface area contributed by atoms with Crippen molar-refractivity contribution in [3.8, 4) is 0 Å². The Morgan fingerprint density at radius 3 is 2.24 bits per heavy atom. The Balaban J connectivity index is 2.08. The second kappa shape index (κ2) is 4.15. The van der Waals surface area contributed by atoms with E-state index < -0.39 is 0 Å². The number of hydrogen-bond donors (Lipinski definition) is 0. The van der Waals surface area contributed by atoms with E-state index in [0.29, 0.717) is 5.92 Å². The highest BCUT2D eigenvalue weighted by Gasteiger charge is 2.52. The van der Waals surface area contributed by atoms with Crippen molar-refractivity contribution in [2.75, 3.05) is 0 Å². The highest BCUT2D eigenvalue weighted by molar-refractivity contribution is 6.54. The van der Waals surface area contributed by atoms with E-state index in [9.17, 15) is 0 Å². The van der Waals surface area contributed by atoms with Crippen molar-refractivity contribution in [2.24, 2.45) is 5.92 Å². The van der Waals surface area contributed by atoms with E-state index in [4.69, 9.17) is 9.31 Å². The summed E-state index contributed by atoms with van der Waals surface area (Å²) in [6.07, 6.45) is 9.42. The van der Waals surface area contributed by atoms with Crippen LogP contribution in [0.5, 0.6) is 0 Å². The van der Waals surface area contributed by atoms with Crippen LogP contribution in [0.3, 0.4) is 0 Å². The van der Waals surface area contributed by atoms with Crippen LogP contribution < -0.4 is 0 Å². The van der Waals surface area contributed by atoms with Gasteiger partial charge in [0.05, 0.1) is 11.2 Å². The lowest BCUT2D eigenvalue weighted by Crippen LogP contribution is -2.41. The van der Waals surface area contributed by atoms with Crippen LogP contribution in [-0.2, 0) is 9.31 Å².